The summed E-state index contributed by atoms with van der Waals surface area (Å²) in [5, 5.41) is 0. The summed E-state index contributed by atoms with van der Waals surface area (Å²) in [5.74, 6) is -0.111. The topological polar surface area (TPSA) is 103 Å². The molecule has 1 aromatic carbocycles. The van der Waals surface area contributed by atoms with Gasteiger partial charge in [0.2, 0.25) is 10.0 Å². The molecule has 1 atom stereocenters. The zero-order chi connectivity index (χ0) is 20.0. The van der Waals surface area contributed by atoms with Crippen LogP contribution in [0.1, 0.15) is 37.0 Å². The predicted molar refractivity (Wildman–Crippen MR) is 102 cm³/mol. The van der Waals surface area contributed by atoms with E-state index < -0.39 is 22.1 Å². The Morgan fingerprint density at radius 2 is 2.00 bits per heavy atom. The average molecular weight is 403 g/mol. The quantitative estimate of drug-likeness (QED) is 0.563. The molecule has 0 saturated heterocycles. The highest BCUT2D eigenvalue weighted by Gasteiger charge is 2.24. The normalized spacial score (nSPS) is 17.7. The van der Waals surface area contributed by atoms with Crippen LogP contribution >= 0.6 is 0 Å². The first-order chi connectivity index (χ1) is 13.4. The van der Waals surface area contributed by atoms with Gasteiger partial charge in [0.05, 0.1) is 17.7 Å². The Balaban J connectivity index is 1.56. The van der Waals surface area contributed by atoms with Gasteiger partial charge in [-0.3, -0.25) is 4.79 Å². The number of carbonyl (C=O) groups excluding carboxylic acids is 2. The van der Waals surface area contributed by atoms with Gasteiger partial charge in [0.1, 0.15) is 5.76 Å². The summed E-state index contributed by atoms with van der Waals surface area (Å²) in [6, 6.07) is 9.41. The molecular weight excluding hydrogens is 382 g/mol. The number of esters is 1. The Morgan fingerprint density at radius 3 is 2.68 bits per heavy atom. The maximum Gasteiger partial charge on any atom is 0.331 e. The molecule has 148 valence electrons. The zero-order valence-corrected chi connectivity index (χ0v) is 16.0. The lowest BCUT2D eigenvalue weighted by Crippen LogP contribution is -2.29. The number of Topliss-reactive ketones (excluding diaryl/α,β-unsaturated/α-hetero) is 1. The van der Waals surface area contributed by atoms with Crippen molar-refractivity contribution in [2.75, 3.05) is 0 Å². The second kappa shape index (κ2) is 8.99. The second-order valence-electron chi connectivity index (χ2n) is 6.44. The van der Waals surface area contributed by atoms with Crippen molar-refractivity contribution in [2.45, 2.75) is 43.2 Å². The van der Waals surface area contributed by atoms with Crippen LogP contribution in [0.25, 0.3) is 6.08 Å². The molecule has 1 heterocycles. The fourth-order valence-electron chi connectivity index (χ4n) is 2.84. The minimum atomic E-state index is -3.67. The molecule has 0 unspecified atom stereocenters. The number of benzene rings is 1. The van der Waals surface area contributed by atoms with E-state index in [9.17, 15) is 18.0 Å². The van der Waals surface area contributed by atoms with E-state index >= 15 is 0 Å². The van der Waals surface area contributed by atoms with Crippen LogP contribution in [0.4, 0.5) is 0 Å². The molecule has 1 aromatic heterocycles. The number of nitrogens with one attached hydrogen (secondary N) is 1. The average Bonchev–Trinajstić information content (AvgIpc) is 3.21. The van der Waals surface area contributed by atoms with E-state index in [1.807, 2.05) is 0 Å². The van der Waals surface area contributed by atoms with E-state index in [0.717, 1.165) is 12.8 Å². The molecule has 0 amide bonds. The van der Waals surface area contributed by atoms with Gasteiger partial charge in [-0.1, -0.05) is 12.1 Å². The fraction of sp³-hybridized carbons (Fsp3) is 0.300. The van der Waals surface area contributed by atoms with Crippen LogP contribution in [0.5, 0.6) is 0 Å². The number of ether oxygens (including phenoxy) is 1. The van der Waals surface area contributed by atoms with Crippen molar-refractivity contribution < 1.29 is 27.2 Å². The molecule has 1 aliphatic carbocycles. The minimum absolute atomic E-state index is 0.0374. The highest BCUT2D eigenvalue weighted by Crippen LogP contribution is 2.18. The zero-order valence-electron chi connectivity index (χ0n) is 15.2. The van der Waals surface area contributed by atoms with E-state index in [1.165, 1.54) is 30.5 Å². The van der Waals surface area contributed by atoms with Crippen molar-refractivity contribution in [3.8, 4) is 0 Å². The van der Waals surface area contributed by atoms with Crippen molar-refractivity contribution >= 4 is 27.9 Å². The molecule has 1 N–H and O–H groups in total. The molecule has 1 saturated carbocycles. The largest absolute Gasteiger partial charge is 0.468 e. The van der Waals surface area contributed by atoms with Crippen LogP contribution in [-0.2, 0) is 30.9 Å². The van der Waals surface area contributed by atoms with Crippen LogP contribution in [-0.4, -0.2) is 26.3 Å². The van der Waals surface area contributed by atoms with Gasteiger partial charge in [0, 0.05) is 12.5 Å². The van der Waals surface area contributed by atoms with Crippen LogP contribution < -0.4 is 4.72 Å². The first kappa shape index (κ1) is 20.0. The molecule has 0 radical (unpaired) electrons. The molecule has 2 aromatic rings. The number of carbonyl (C=O) groups is 2. The molecular formula is C20H21NO6S. The van der Waals surface area contributed by atoms with E-state index in [2.05, 4.69) is 4.72 Å². The van der Waals surface area contributed by atoms with Crippen molar-refractivity contribution in [3.05, 3.63) is 60.1 Å². The van der Waals surface area contributed by atoms with Gasteiger partial charge >= 0.3 is 5.97 Å². The summed E-state index contributed by atoms with van der Waals surface area (Å²) in [4.78, 5) is 23.7. The summed E-state index contributed by atoms with van der Waals surface area (Å²) in [6.45, 7) is 0.0582. The van der Waals surface area contributed by atoms with Crippen LogP contribution in [0.15, 0.2) is 58.1 Å². The lowest BCUT2D eigenvalue weighted by molar-refractivity contribution is -0.152. The molecule has 1 aliphatic rings. The summed E-state index contributed by atoms with van der Waals surface area (Å²) in [7, 11) is -3.67. The van der Waals surface area contributed by atoms with Crippen LogP contribution in [0.3, 0.4) is 0 Å². The van der Waals surface area contributed by atoms with Crippen molar-refractivity contribution in [1.29, 1.82) is 0 Å². The maximum atomic E-state index is 12.3. The van der Waals surface area contributed by atoms with Crippen molar-refractivity contribution in [2.24, 2.45) is 0 Å². The number of rotatable bonds is 7. The number of furan rings is 1. The predicted octanol–water partition coefficient (Wildman–Crippen LogP) is 2.83. The highest BCUT2D eigenvalue weighted by molar-refractivity contribution is 7.89. The van der Waals surface area contributed by atoms with Gasteiger partial charge in [0.25, 0.3) is 0 Å². The number of ketones is 1. The number of hydrogen-bond acceptors (Lipinski definition) is 6. The first-order valence-electron chi connectivity index (χ1n) is 8.97. The molecule has 8 heteroatoms. The molecule has 0 bridgehead atoms. The minimum Gasteiger partial charge on any atom is -0.468 e. The van der Waals surface area contributed by atoms with E-state index in [1.54, 1.807) is 24.3 Å². The molecule has 0 spiro atoms. The van der Waals surface area contributed by atoms with Crippen LogP contribution in [0, 0.1) is 0 Å². The van der Waals surface area contributed by atoms with Gasteiger partial charge < -0.3 is 9.15 Å². The smallest absolute Gasteiger partial charge is 0.331 e. The molecule has 7 nitrogen and oxygen atoms in total. The van der Waals surface area contributed by atoms with Crippen LogP contribution in [0.2, 0.25) is 0 Å². The van der Waals surface area contributed by atoms with E-state index in [0.29, 0.717) is 24.2 Å². The Hall–Kier alpha value is -2.71. The standard InChI is InChI=1S/C20H21NO6S/c22-18-5-1-2-6-19(18)27-20(23)12-9-15-7-10-17(11-8-15)28(24,25)21-14-16-4-3-13-26-16/h3-4,7-13,19,21H,1-2,5-6,14H2/b12-9+/t19-/m0/s1. The summed E-state index contributed by atoms with van der Waals surface area (Å²) in [5.41, 5.74) is 0.636. The SMILES string of the molecule is O=C(/C=C/c1ccc(S(=O)(=O)NCc2ccco2)cc1)O[C@H]1CCCCC1=O. The lowest BCUT2D eigenvalue weighted by atomic mass is 9.96. The highest BCUT2D eigenvalue weighted by atomic mass is 32.2. The molecule has 28 heavy (non-hydrogen) atoms. The number of sulfonamides is 1. The van der Waals surface area contributed by atoms with E-state index in [-0.39, 0.29) is 17.2 Å². The monoisotopic (exact) mass is 403 g/mol. The van der Waals surface area contributed by atoms with Gasteiger partial charge in [-0.25, -0.2) is 17.9 Å². The van der Waals surface area contributed by atoms with Gasteiger partial charge in [0.15, 0.2) is 11.9 Å². The third-order valence-corrected chi connectivity index (χ3v) is 5.79. The Kier molecular flexibility index (Phi) is 6.43. The Morgan fingerprint density at radius 1 is 1.21 bits per heavy atom. The van der Waals surface area contributed by atoms with Gasteiger partial charge in [-0.15, -0.1) is 0 Å². The third-order valence-electron chi connectivity index (χ3n) is 4.38. The third kappa shape index (κ3) is 5.40. The summed E-state index contributed by atoms with van der Waals surface area (Å²) in [6.07, 6.45) is 6.30. The molecule has 3 rings (SSSR count). The van der Waals surface area contributed by atoms with Crippen molar-refractivity contribution in [1.82, 2.24) is 4.72 Å². The van der Waals surface area contributed by atoms with Gasteiger partial charge in [-0.2, -0.15) is 0 Å². The van der Waals surface area contributed by atoms with Gasteiger partial charge in [-0.05, 0) is 55.2 Å². The fourth-order valence-corrected chi connectivity index (χ4v) is 3.83. The first-order valence-corrected chi connectivity index (χ1v) is 10.5. The second-order valence-corrected chi connectivity index (χ2v) is 8.21. The summed E-state index contributed by atoms with van der Waals surface area (Å²) >= 11 is 0. The summed E-state index contributed by atoms with van der Waals surface area (Å²) < 4.78 is 37.3. The lowest BCUT2D eigenvalue weighted by Gasteiger charge is -2.19. The Labute approximate surface area is 163 Å². The van der Waals surface area contributed by atoms with E-state index in [4.69, 9.17) is 9.15 Å². The van der Waals surface area contributed by atoms with Crippen molar-refractivity contribution in [3.63, 3.8) is 0 Å². The molecule has 1 fully saturated rings. The molecule has 0 aliphatic heterocycles. The number of hydrogen-bond donors (Lipinski definition) is 1. The maximum absolute atomic E-state index is 12.3. The Bertz CT molecular complexity index is 945.